The first-order valence-corrected chi connectivity index (χ1v) is 18.0. The van der Waals surface area contributed by atoms with Gasteiger partial charge in [0.2, 0.25) is 0 Å². The Kier molecular flexibility index (Phi) is 8.30. The number of carbonyl (C=O) groups is 2. The molecule has 4 nitrogen and oxygen atoms in total. The molecule has 40 heavy (non-hydrogen) atoms. The van der Waals surface area contributed by atoms with E-state index in [1.807, 2.05) is 26.0 Å². The third-order valence-corrected chi connectivity index (χ3v) is 13.7. The van der Waals surface area contributed by atoms with Gasteiger partial charge in [-0.15, -0.1) is 45.3 Å². The number of hydrogen-bond donors (Lipinski definition) is 0. The molecule has 0 atom stereocenters. The van der Waals surface area contributed by atoms with Gasteiger partial charge < -0.3 is 0 Å². The number of thioether (sulfide) groups is 2. The quantitative estimate of drug-likeness (QED) is 0.144. The highest BCUT2D eigenvalue weighted by Crippen LogP contribution is 2.44. The van der Waals surface area contributed by atoms with Crippen LogP contribution in [0.1, 0.15) is 23.6 Å². The van der Waals surface area contributed by atoms with Crippen molar-refractivity contribution in [3.63, 3.8) is 0 Å². The average molecular weight is 673 g/mol. The molecule has 6 rings (SSSR count). The molecule has 2 saturated heterocycles. The minimum atomic E-state index is -0.00739. The first-order chi connectivity index (χ1) is 19.3. The SMILES string of the molecule is CCN1C(=O)/C(=C/c2ccc(-c3ccc(-c4ccc(-c5ccc(/C=C6\SC(=S)N(CC)C6=O)s5)s4)s3)s2)SC1=S. The van der Waals surface area contributed by atoms with Crippen molar-refractivity contribution in [2.45, 2.75) is 13.8 Å². The van der Waals surface area contributed by atoms with E-state index in [4.69, 9.17) is 24.4 Å². The van der Waals surface area contributed by atoms with Crippen molar-refractivity contribution in [2.75, 3.05) is 13.1 Å². The fourth-order valence-electron chi connectivity index (χ4n) is 4.13. The van der Waals surface area contributed by atoms with Crippen molar-refractivity contribution in [1.82, 2.24) is 9.80 Å². The zero-order chi connectivity index (χ0) is 28.0. The lowest BCUT2D eigenvalue weighted by Crippen LogP contribution is -2.27. The van der Waals surface area contributed by atoms with Gasteiger partial charge in [0.1, 0.15) is 8.64 Å². The number of thiocarbonyl (C=S) groups is 2. The normalized spacial score (nSPS) is 17.9. The Morgan fingerprint density at radius 1 is 0.575 bits per heavy atom. The molecule has 2 aliphatic heterocycles. The summed E-state index contributed by atoms with van der Waals surface area (Å²) in [6.45, 7) is 5.07. The number of thiophene rings is 4. The van der Waals surface area contributed by atoms with Crippen molar-refractivity contribution in [3.8, 4) is 29.3 Å². The molecule has 6 heterocycles. The zero-order valence-corrected chi connectivity index (χ0v) is 27.7. The Balaban J connectivity index is 1.17. The fourth-order valence-corrected chi connectivity index (χ4v) is 11.2. The Hall–Kier alpha value is -1.90. The second-order valence-electron chi connectivity index (χ2n) is 8.58. The average Bonchev–Trinajstić information content (AvgIpc) is 3.76. The summed E-state index contributed by atoms with van der Waals surface area (Å²) in [6.07, 6.45) is 3.90. The topological polar surface area (TPSA) is 40.6 Å². The minimum Gasteiger partial charge on any atom is -0.293 e. The molecule has 202 valence electrons. The summed E-state index contributed by atoms with van der Waals surface area (Å²) in [7, 11) is 0. The first-order valence-electron chi connectivity index (χ1n) is 12.3. The second-order valence-corrected chi connectivity index (χ2v) is 16.3. The van der Waals surface area contributed by atoms with E-state index in [2.05, 4.69) is 48.5 Å². The van der Waals surface area contributed by atoms with Crippen molar-refractivity contribution < 1.29 is 9.59 Å². The highest BCUT2D eigenvalue weighted by molar-refractivity contribution is 8.27. The second kappa shape index (κ2) is 11.8. The maximum atomic E-state index is 12.6. The van der Waals surface area contributed by atoms with Crippen LogP contribution in [-0.4, -0.2) is 43.3 Å². The molecule has 4 aromatic rings. The van der Waals surface area contributed by atoms with E-state index in [1.165, 1.54) is 52.8 Å². The summed E-state index contributed by atoms with van der Waals surface area (Å²) in [4.78, 5) is 39.1. The Morgan fingerprint density at radius 3 is 1.23 bits per heavy atom. The monoisotopic (exact) mass is 672 g/mol. The predicted molar refractivity (Wildman–Crippen MR) is 185 cm³/mol. The molecular formula is C28H20N2O2S8. The van der Waals surface area contributed by atoms with Crippen LogP contribution in [0.3, 0.4) is 0 Å². The van der Waals surface area contributed by atoms with Crippen molar-refractivity contribution in [2.24, 2.45) is 0 Å². The van der Waals surface area contributed by atoms with E-state index >= 15 is 0 Å². The van der Waals surface area contributed by atoms with Crippen LogP contribution in [-0.2, 0) is 9.59 Å². The highest BCUT2D eigenvalue weighted by atomic mass is 32.2. The zero-order valence-electron chi connectivity index (χ0n) is 21.2. The van der Waals surface area contributed by atoms with Crippen LogP contribution in [0, 0.1) is 0 Å². The van der Waals surface area contributed by atoms with Gasteiger partial charge in [-0.3, -0.25) is 19.4 Å². The van der Waals surface area contributed by atoms with Crippen LogP contribution in [0.2, 0.25) is 0 Å². The predicted octanol–water partition coefficient (Wildman–Crippen LogP) is 9.38. The molecule has 0 aliphatic carbocycles. The minimum absolute atomic E-state index is 0.00739. The van der Waals surface area contributed by atoms with Crippen LogP contribution < -0.4 is 0 Å². The molecule has 2 fully saturated rings. The molecule has 0 bridgehead atoms. The molecule has 0 spiro atoms. The molecule has 12 heteroatoms. The van der Waals surface area contributed by atoms with E-state index in [0.29, 0.717) is 31.5 Å². The van der Waals surface area contributed by atoms with Gasteiger partial charge in [-0.05, 0) is 74.5 Å². The van der Waals surface area contributed by atoms with Crippen LogP contribution >= 0.6 is 93.3 Å². The fraction of sp³-hybridized carbons (Fsp3) is 0.143. The summed E-state index contributed by atoms with van der Waals surface area (Å²) in [5, 5.41) is 0. The Labute approximate surface area is 267 Å². The largest absolute Gasteiger partial charge is 0.293 e. The molecule has 0 saturated carbocycles. The molecule has 0 unspecified atom stereocenters. The van der Waals surface area contributed by atoms with Crippen molar-refractivity contribution in [1.29, 1.82) is 0 Å². The molecule has 4 aromatic heterocycles. The van der Waals surface area contributed by atoms with Gasteiger partial charge in [0.05, 0.1) is 9.81 Å². The lowest BCUT2D eigenvalue weighted by molar-refractivity contribution is -0.122. The molecule has 0 N–H and O–H groups in total. The number of likely N-dealkylation sites (N-methyl/N-ethyl adjacent to an activating group) is 2. The van der Waals surface area contributed by atoms with Crippen molar-refractivity contribution >= 4 is 126 Å². The van der Waals surface area contributed by atoms with Gasteiger partial charge >= 0.3 is 0 Å². The number of carbonyl (C=O) groups excluding carboxylic acids is 2. The third kappa shape index (κ3) is 5.48. The van der Waals surface area contributed by atoms with Crippen molar-refractivity contribution in [3.05, 3.63) is 68.1 Å². The van der Waals surface area contributed by atoms with Crippen LogP contribution in [0.5, 0.6) is 0 Å². The maximum absolute atomic E-state index is 12.6. The summed E-state index contributed by atoms with van der Waals surface area (Å²) in [5.74, 6) is -0.0148. The summed E-state index contributed by atoms with van der Waals surface area (Å²) in [6, 6.07) is 17.1. The molecular weight excluding hydrogens is 653 g/mol. The van der Waals surface area contributed by atoms with E-state index < -0.39 is 0 Å². The summed E-state index contributed by atoms with van der Waals surface area (Å²) < 4.78 is 1.25. The standard InChI is InChI=1S/C28H20N2O2S8/c1-3-29-25(31)23(39-27(29)33)13-15-5-7-17(35-15)19-9-11-21(37-19)22-12-10-20(38-22)18-8-6-16(36-18)14-24-26(32)30(4-2)28(34)40-24/h5-14H,3-4H2,1-2H3/b23-13-,24-14-. The number of hydrogen-bond acceptors (Lipinski definition) is 10. The van der Waals surface area contributed by atoms with E-state index in [9.17, 15) is 9.59 Å². The molecule has 0 radical (unpaired) electrons. The molecule has 2 amide bonds. The third-order valence-electron chi connectivity index (χ3n) is 6.12. The highest BCUT2D eigenvalue weighted by Gasteiger charge is 2.31. The van der Waals surface area contributed by atoms with Gasteiger partial charge in [-0.25, -0.2) is 0 Å². The number of amides is 2. The van der Waals surface area contributed by atoms with Crippen LogP contribution in [0.25, 0.3) is 41.4 Å². The van der Waals surface area contributed by atoms with Gasteiger partial charge in [-0.1, -0.05) is 48.0 Å². The van der Waals surface area contributed by atoms with Crippen LogP contribution in [0.4, 0.5) is 0 Å². The number of nitrogens with zero attached hydrogens (tertiary/aromatic N) is 2. The first kappa shape index (κ1) is 28.2. The van der Waals surface area contributed by atoms with Gasteiger partial charge in [0.15, 0.2) is 0 Å². The lowest BCUT2D eigenvalue weighted by Gasteiger charge is -2.09. The van der Waals surface area contributed by atoms with Crippen LogP contribution in [0.15, 0.2) is 58.3 Å². The van der Waals surface area contributed by atoms with E-state index in [1.54, 1.807) is 55.1 Å². The maximum Gasteiger partial charge on any atom is 0.266 e. The van der Waals surface area contributed by atoms with E-state index in [0.717, 1.165) is 9.75 Å². The number of rotatable bonds is 7. The summed E-state index contributed by atoms with van der Waals surface area (Å²) in [5.41, 5.74) is 0. The summed E-state index contributed by atoms with van der Waals surface area (Å²) >= 11 is 20.3. The Morgan fingerprint density at radius 2 is 0.900 bits per heavy atom. The molecule has 2 aliphatic rings. The smallest absolute Gasteiger partial charge is 0.266 e. The van der Waals surface area contributed by atoms with Gasteiger partial charge in [0.25, 0.3) is 11.8 Å². The lowest BCUT2D eigenvalue weighted by atomic mass is 10.3. The van der Waals surface area contributed by atoms with Gasteiger partial charge in [-0.2, -0.15) is 0 Å². The van der Waals surface area contributed by atoms with Gasteiger partial charge in [0, 0.05) is 52.1 Å². The van der Waals surface area contributed by atoms with E-state index in [-0.39, 0.29) is 11.8 Å². The molecule has 0 aromatic carbocycles. The Bertz CT molecular complexity index is 1610.